The minimum absolute atomic E-state index is 0. The van der Waals surface area contributed by atoms with Crippen LogP contribution in [0.2, 0.25) is 0 Å². The van der Waals surface area contributed by atoms with Crippen LogP contribution in [0.25, 0.3) is 0 Å². The highest BCUT2D eigenvalue weighted by molar-refractivity contribution is 14.0. The molecule has 0 saturated heterocycles. The predicted octanol–water partition coefficient (Wildman–Crippen LogP) is 2.84. The number of hydrogen-bond donors (Lipinski definition) is 3. The second-order valence-electron chi connectivity index (χ2n) is 7.61. The van der Waals surface area contributed by atoms with Gasteiger partial charge in [-0.15, -0.1) is 24.0 Å². The van der Waals surface area contributed by atoms with Crippen LogP contribution in [0.4, 0.5) is 0 Å². The number of carbonyl (C=O) groups excluding carboxylic acids is 1. The zero-order valence-corrected chi connectivity index (χ0v) is 19.3. The molecule has 7 heteroatoms. The van der Waals surface area contributed by atoms with Crippen LogP contribution in [0.15, 0.2) is 23.2 Å². The number of ether oxygens (including phenoxy) is 1. The number of hydrogen-bond acceptors (Lipinski definition) is 3. The summed E-state index contributed by atoms with van der Waals surface area (Å²) in [5.41, 5.74) is 1.77. The summed E-state index contributed by atoms with van der Waals surface area (Å²) < 4.78 is 6.01. The van der Waals surface area contributed by atoms with E-state index in [1.807, 2.05) is 13.8 Å². The lowest BCUT2D eigenvalue weighted by Gasteiger charge is -2.24. The minimum Gasteiger partial charge on any atom is -0.493 e. The van der Waals surface area contributed by atoms with Crippen molar-refractivity contribution in [3.63, 3.8) is 0 Å². The van der Waals surface area contributed by atoms with Crippen molar-refractivity contribution in [1.29, 1.82) is 0 Å². The number of nitrogens with one attached hydrogen (secondary N) is 3. The molecule has 2 rings (SSSR count). The maximum absolute atomic E-state index is 11.9. The van der Waals surface area contributed by atoms with Gasteiger partial charge in [-0.3, -0.25) is 9.79 Å². The number of rotatable bonds is 8. The van der Waals surface area contributed by atoms with Crippen molar-refractivity contribution in [3.8, 4) is 5.75 Å². The van der Waals surface area contributed by atoms with Crippen LogP contribution in [0, 0.1) is 18.3 Å². The minimum atomic E-state index is -0.519. The second kappa shape index (κ2) is 10.7. The molecular formula is C20H33IN4O2. The molecule has 1 aliphatic carbocycles. The Morgan fingerprint density at radius 1 is 1.30 bits per heavy atom. The summed E-state index contributed by atoms with van der Waals surface area (Å²) >= 11 is 0. The molecule has 1 saturated carbocycles. The number of benzene rings is 1. The Morgan fingerprint density at radius 3 is 2.59 bits per heavy atom. The molecule has 1 aromatic rings. The monoisotopic (exact) mass is 488 g/mol. The Morgan fingerprint density at radius 2 is 2.00 bits per heavy atom. The molecule has 6 nitrogen and oxygen atoms in total. The molecule has 0 spiro atoms. The normalized spacial score (nSPS) is 14.2. The Labute approximate surface area is 179 Å². The Bertz CT molecular complexity index is 657. The van der Waals surface area contributed by atoms with E-state index in [0.29, 0.717) is 19.0 Å². The van der Waals surface area contributed by atoms with E-state index in [2.05, 4.69) is 46.1 Å². The number of aliphatic imine (C=N–C) groups is 1. The zero-order chi connectivity index (χ0) is 19.2. The number of carbonyl (C=O) groups is 1. The van der Waals surface area contributed by atoms with Gasteiger partial charge < -0.3 is 20.7 Å². The number of halogens is 1. The average molecular weight is 488 g/mol. The SMILES string of the molecule is CN=C(NCc1ccc(C)cc1OCC1CC1)NCC(C)(C)C(=O)NC.I. The Kier molecular flexibility index (Phi) is 9.35. The van der Waals surface area contributed by atoms with Gasteiger partial charge in [-0.1, -0.05) is 12.1 Å². The van der Waals surface area contributed by atoms with Crippen molar-refractivity contribution in [2.24, 2.45) is 16.3 Å². The molecule has 152 valence electrons. The summed E-state index contributed by atoms with van der Waals surface area (Å²) in [5, 5.41) is 9.22. The van der Waals surface area contributed by atoms with Gasteiger partial charge in [-0.2, -0.15) is 0 Å². The summed E-state index contributed by atoms with van der Waals surface area (Å²) in [6.07, 6.45) is 2.55. The lowest BCUT2D eigenvalue weighted by molar-refractivity contribution is -0.128. The van der Waals surface area contributed by atoms with Crippen molar-refractivity contribution in [2.75, 3.05) is 27.2 Å². The second-order valence-corrected chi connectivity index (χ2v) is 7.61. The van der Waals surface area contributed by atoms with Crippen LogP contribution in [0.1, 0.15) is 37.8 Å². The predicted molar refractivity (Wildman–Crippen MR) is 121 cm³/mol. The van der Waals surface area contributed by atoms with Crippen molar-refractivity contribution in [3.05, 3.63) is 29.3 Å². The van der Waals surface area contributed by atoms with Crippen molar-refractivity contribution < 1.29 is 9.53 Å². The van der Waals surface area contributed by atoms with E-state index in [9.17, 15) is 4.79 Å². The van der Waals surface area contributed by atoms with Crippen LogP contribution >= 0.6 is 24.0 Å². The highest BCUT2D eigenvalue weighted by Crippen LogP contribution is 2.30. The molecule has 0 bridgehead atoms. The van der Waals surface area contributed by atoms with Crippen LogP contribution < -0.4 is 20.7 Å². The van der Waals surface area contributed by atoms with Gasteiger partial charge in [0.2, 0.25) is 5.91 Å². The van der Waals surface area contributed by atoms with Gasteiger partial charge in [0.05, 0.1) is 12.0 Å². The summed E-state index contributed by atoms with van der Waals surface area (Å²) in [7, 11) is 3.37. The largest absolute Gasteiger partial charge is 0.493 e. The third-order valence-corrected chi connectivity index (χ3v) is 4.60. The molecule has 1 aliphatic rings. The van der Waals surface area contributed by atoms with Crippen LogP contribution in [-0.2, 0) is 11.3 Å². The average Bonchev–Trinajstić information content (AvgIpc) is 3.44. The highest BCUT2D eigenvalue weighted by Gasteiger charge is 2.26. The molecule has 0 heterocycles. The summed E-state index contributed by atoms with van der Waals surface area (Å²) in [4.78, 5) is 16.1. The maximum Gasteiger partial charge on any atom is 0.227 e. The molecule has 1 aromatic carbocycles. The third-order valence-electron chi connectivity index (χ3n) is 4.60. The van der Waals surface area contributed by atoms with Gasteiger partial charge in [-0.05, 0) is 51.2 Å². The molecule has 0 radical (unpaired) electrons. The Balaban J connectivity index is 0.00000364. The number of guanidine groups is 1. The Hall–Kier alpha value is -1.51. The van der Waals surface area contributed by atoms with Gasteiger partial charge in [0.15, 0.2) is 5.96 Å². The van der Waals surface area contributed by atoms with Gasteiger partial charge in [0.25, 0.3) is 0 Å². The van der Waals surface area contributed by atoms with Gasteiger partial charge in [-0.25, -0.2) is 0 Å². The molecule has 1 fully saturated rings. The highest BCUT2D eigenvalue weighted by atomic mass is 127. The zero-order valence-electron chi connectivity index (χ0n) is 17.0. The lowest BCUT2D eigenvalue weighted by atomic mass is 9.92. The fourth-order valence-corrected chi connectivity index (χ4v) is 2.56. The first-order chi connectivity index (χ1) is 12.4. The molecule has 0 unspecified atom stereocenters. The van der Waals surface area contributed by atoms with Crippen LogP contribution in [0.3, 0.4) is 0 Å². The first-order valence-corrected chi connectivity index (χ1v) is 9.24. The molecule has 1 amide bonds. The van der Waals surface area contributed by atoms with Gasteiger partial charge in [0, 0.05) is 32.7 Å². The van der Waals surface area contributed by atoms with E-state index in [0.717, 1.165) is 23.8 Å². The van der Waals surface area contributed by atoms with E-state index >= 15 is 0 Å². The lowest BCUT2D eigenvalue weighted by Crippen LogP contribution is -2.47. The molecule has 0 aromatic heterocycles. The molecule has 27 heavy (non-hydrogen) atoms. The van der Waals surface area contributed by atoms with Crippen LogP contribution in [0.5, 0.6) is 5.75 Å². The standard InChI is InChI=1S/C20H32N4O2.HI/c1-14-6-9-16(17(10-14)26-12-15-7-8-15)11-23-19(22-5)24-13-20(2,3)18(25)21-4;/h6,9-10,15H,7-8,11-13H2,1-5H3,(H,21,25)(H2,22,23,24);1H. The fraction of sp³-hybridized carbons (Fsp3) is 0.600. The van der Waals surface area contributed by atoms with E-state index in [4.69, 9.17) is 4.74 Å². The van der Waals surface area contributed by atoms with Crippen molar-refractivity contribution in [2.45, 2.75) is 40.2 Å². The molecule has 0 aliphatic heterocycles. The number of nitrogens with zero attached hydrogens (tertiary/aromatic N) is 1. The van der Waals surface area contributed by atoms with Crippen molar-refractivity contribution >= 4 is 35.8 Å². The quantitative estimate of drug-likeness (QED) is 0.299. The van der Waals surface area contributed by atoms with Crippen LogP contribution in [-0.4, -0.2) is 39.1 Å². The maximum atomic E-state index is 11.9. The molecule has 3 N–H and O–H groups in total. The molecular weight excluding hydrogens is 455 g/mol. The topological polar surface area (TPSA) is 74.8 Å². The first-order valence-electron chi connectivity index (χ1n) is 9.24. The third kappa shape index (κ3) is 7.56. The summed E-state index contributed by atoms with van der Waals surface area (Å²) in [6, 6.07) is 6.27. The summed E-state index contributed by atoms with van der Waals surface area (Å²) in [5.74, 6) is 2.31. The first kappa shape index (κ1) is 23.5. The fourth-order valence-electron chi connectivity index (χ4n) is 2.56. The van der Waals surface area contributed by atoms with Gasteiger partial charge in [0.1, 0.15) is 5.75 Å². The number of aryl methyl sites for hydroxylation is 1. The number of amides is 1. The van der Waals surface area contributed by atoms with E-state index in [1.165, 1.54) is 18.4 Å². The smallest absolute Gasteiger partial charge is 0.227 e. The van der Waals surface area contributed by atoms with E-state index in [-0.39, 0.29) is 29.9 Å². The molecule has 0 atom stereocenters. The van der Waals surface area contributed by atoms with Crippen molar-refractivity contribution in [1.82, 2.24) is 16.0 Å². The van der Waals surface area contributed by atoms with E-state index < -0.39 is 5.41 Å². The van der Waals surface area contributed by atoms with Gasteiger partial charge >= 0.3 is 0 Å². The summed E-state index contributed by atoms with van der Waals surface area (Å²) in [6.45, 7) is 7.77. The van der Waals surface area contributed by atoms with E-state index in [1.54, 1.807) is 14.1 Å².